The summed E-state index contributed by atoms with van der Waals surface area (Å²) in [7, 11) is 0. The van der Waals surface area contributed by atoms with Gasteiger partial charge in [0.05, 0.1) is 6.21 Å². The summed E-state index contributed by atoms with van der Waals surface area (Å²) in [5.41, 5.74) is 1.86. The summed E-state index contributed by atoms with van der Waals surface area (Å²) in [6.45, 7) is 2.50. The molecule has 0 bridgehead atoms. The van der Waals surface area contributed by atoms with Gasteiger partial charge in [-0.15, -0.1) is 0 Å². The maximum Gasteiger partial charge on any atom is 0.216 e. The lowest BCUT2D eigenvalue weighted by Gasteiger charge is -2.08. The number of hydrogen-bond acceptors (Lipinski definition) is 4. The molecule has 0 aliphatic heterocycles. The molecule has 0 atom stereocenters. The van der Waals surface area contributed by atoms with Crippen molar-refractivity contribution < 1.29 is 4.74 Å². The van der Waals surface area contributed by atoms with E-state index in [4.69, 9.17) is 28.6 Å². The van der Waals surface area contributed by atoms with Gasteiger partial charge in [-0.05, 0) is 42.4 Å². The van der Waals surface area contributed by atoms with Crippen molar-refractivity contribution >= 4 is 30.0 Å². The number of aromatic amines is 1. The van der Waals surface area contributed by atoms with E-state index in [-0.39, 0.29) is 0 Å². The van der Waals surface area contributed by atoms with Gasteiger partial charge in [0.25, 0.3) is 0 Å². The summed E-state index contributed by atoms with van der Waals surface area (Å²) in [6, 6.07) is 15.3. The van der Waals surface area contributed by atoms with Crippen molar-refractivity contribution in [1.29, 1.82) is 0 Å². The number of nitrogens with zero attached hydrogens (tertiary/aromatic N) is 3. The molecule has 0 aliphatic rings. The molecular formula is C19H19ClN4OS. The number of halogens is 1. The number of aromatic nitrogens is 3. The Labute approximate surface area is 162 Å². The first kappa shape index (κ1) is 18.4. The topological polar surface area (TPSA) is 55.2 Å². The molecule has 0 spiro atoms. The minimum atomic E-state index is 0.410. The molecule has 3 aromatic rings. The lowest BCUT2D eigenvalue weighted by atomic mass is 10.2. The molecule has 0 radical (unpaired) electrons. The number of H-pyrrole nitrogens is 1. The molecule has 1 N–H and O–H groups in total. The highest BCUT2D eigenvalue weighted by Crippen LogP contribution is 2.19. The van der Waals surface area contributed by atoms with Gasteiger partial charge in [-0.1, -0.05) is 48.9 Å². The minimum absolute atomic E-state index is 0.410. The molecule has 0 saturated carbocycles. The highest BCUT2D eigenvalue weighted by molar-refractivity contribution is 7.71. The molecule has 0 saturated heterocycles. The monoisotopic (exact) mass is 386 g/mol. The van der Waals surface area contributed by atoms with Crippen LogP contribution in [-0.2, 0) is 13.0 Å². The Morgan fingerprint density at radius 1 is 1.27 bits per heavy atom. The summed E-state index contributed by atoms with van der Waals surface area (Å²) in [4.78, 5) is 0. The number of aryl methyl sites for hydroxylation is 1. The van der Waals surface area contributed by atoms with E-state index in [0.717, 1.165) is 35.5 Å². The zero-order chi connectivity index (χ0) is 18.4. The Morgan fingerprint density at radius 2 is 2.12 bits per heavy atom. The van der Waals surface area contributed by atoms with Crippen molar-refractivity contribution in [2.24, 2.45) is 5.10 Å². The zero-order valence-corrected chi connectivity index (χ0v) is 15.9. The SMILES string of the molecule is CCCc1n[nH]c(=S)n1/N=C/c1cccc(OCc2ccccc2Cl)c1. The Morgan fingerprint density at radius 3 is 2.92 bits per heavy atom. The van der Waals surface area contributed by atoms with Crippen LogP contribution in [0.15, 0.2) is 53.6 Å². The second-order valence-electron chi connectivity index (χ2n) is 5.70. The standard InChI is InChI=1S/C19H19ClN4OS/c1-2-6-18-22-23-19(26)24(18)21-12-14-7-5-9-16(11-14)25-13-15-8-3-4-10-17(15)20/h3-5,7-12H,2,6,13H2,1H3,(H,23,26)/b21-12+. The molecule has 0 unspecified atom stereocenters. The summed E-state index contributed by atoms with van der Waals surface area (Å²) >= 11 is 11.4. The second kappa shape index (κ2) is 8.78. The lowest BCUT2D eigenvalue weighted by Crippen LogP contribution is -1.99. The predicted octanol–water partition coefficient (Wildman–Crippen LogP) is 5.01. The highest BCUT2D eigenvalue weighted by Gasteiger charge is 2.04. The van der Waals surface area contributed by atoms with Gasteiger partial charge in [-0.3, -0.25) is 5.10 Å². The average molecular weight is 387 g/mol. The number of nitrogens with one attached hydrogen (secondary N) is 1. The fourth-order valence-corrected chi connectivity index (χ4v) is 2.80. The normalized spacial score (nSPS) is 11.2. The molecule has 0 aliphatic carbocycles. The third-order valence-electron chi connectivity index (χ3n) is 3.72. The fourth-order valence-electron chi connectivity index (χ4n) is 2.41. The smallest absolute Gasteiger partial charge is 0.216 e. The first-order chi connectivity index (χ1) is 12.7. The molecule has 1 heterocycles. The lowest BCUT2D eigenvalue weighted by molar-refractivity contribution is 0.306. The van der Waals surface area contributed by atoms with Crippen LogP contribution < -0.4 is 4.74 Å². The molecule has 0 fully saturated rings. The van der Waals surface area contributed by atoms with Gasteiger partial charge >= 0.3 is 0 Å². The van der Waals surface area contributed by atoms with E-state index in [1.807, 2.05) is 48.5 Å². The number of hydrogen-bond donors (Lipinski definition) is 1. The van der Waals surface area contributed by atoms with Gasteiger partial charge in [-0.2, -0.15) is 14.9 Å². The molecule has 5 nitrogen and oxygen atoms in total. The van der Waals surface area contributed by atoms with Crippen LogP contribution in [0.25, 0.3) is 0 Å². The molecule has 3 rings (SSSR count). The third kappa shape index (κ3) is 4.59. The molecule has 134 valence electrons. The van der Waals surface area contributed by atoms with Crippen LogP contribution in [-0.4, -0.2) is 21.1 Å². The van der Waals surface area contributed by atoms with Crippen LogP contribution in [0.3, 0.4) is 0 Å². The summed E-state index contributed by atoms with van der Waals surface area (Å²) in [6.07, 6.45) is 3.53. The summed E-state index contributed by atoms with van der Waals surface area (Å²) < 4.78 is 7.98. The second-order valence-corrected chi connectivity index (χ2v) is 6.50. The highest BCUT2D eigenvalue weighted by atomic mass is 35.5. The van der Waals surface area contributed by atoms with Crippen molar-refractivity contribution in [1.82, 2.24) is 14.9 Å². The van der Waals surface area contributed by atoms with E-state index >= 15 is 0 Å². The van der Waals surface area contributed by atoms with Crippen LogP contribution in [0.4, 0.5) is 0 Å². The minimum Gasteiger partial charge on any atom is -0.489 e. The van der Waals surface area contributed by atoms with Crippen molar-refractivity contribution in [2.75, 3.05) is 0 Å². The Balaban J connectivity index is 1.72. The van der Waals surface area contributed by atoms with Gasteiger partial charge in [-0.25, -0.2) is 0 Å². The molecule has 0 amide bonds. The van der Waals surface area contributed by atoms with E-state index in [1.54, 1.807) is 10.9 Å². The number of rotatable bonds is 7. The van der Waals surface area contributed by atoms with Gasteiger partial charge < -0.3 is 4.74 Å². The Hall–Kier alpha value is -2.44. The van der Waals surface area contributed by atoms with Crippen LogP contribution >= 0.6 is 23.8 Å². The van der Waals surface area contributed by atoms with E-state index in [2.05, 4.69) is 22.2 Å². The molecule has 1 aromatic heterocycles. The van der Waals surface area contributed by atoms with Crippen LogP contribution in [0.5, 0.6) is 5.75 Å². The summed E-state index contributed by atoms with van der Waals surface area (Å²) in [5.74, 6) is 1.57. The molecule has 2 aromatic carbocycles. The van der Waals surface area contributed by atoms with Gasteiger partial charge in [0.15, 0.2) is 5.82 Å². The number of benzene rings is 2. The number of ether oxygens (including phenoxy) is 1. The van der Waals surface area contributed by atoms with E-state index in [0.29, 0.717) is 16.4 Å². The third-order valence-corrected chi connectivity index (χ3v) is 4.36. The van der Waals surface area contributed by atoms with Crippen LogP contribution in [0.2, 0.25) is 5.02 Å². The van der Waals surface area contributed by atoms with Gasteiger partial charge in [0, 0.05) is 17.0 Å². The molecular weight excluding hydrogens is 368 g/mol. The van der Waals surface area contributed by atoms with E-state index in [1.165, 1.54) is 0 Å². The van der Waals surface area contributed by atoms with Crippen molar-refractivity contribution in [3.8, 4) is 5.75 Å². The van der Waals surface area contributed by atoms with Gasteiger partial charge in [0.1, 0.15) is 12.4 Å². The zero-order valence-electron chi connectivity index (χ0n) is 14.4. The van der Waals surface area contributed by atoms with Gasteiger partial charge in [0.2, 0.25) is 4.77 Å². The Bertz CT molecular complexity index is 964. The summed E-state index contributed by atoms with van der Waals surface area (Å²) in [5, 5.41) is 12.1. The van der Waals surface area contributed by atoms with E-state index < -0.39 is 0 Å². The van der Waals surface area contributed by atoms with Crippen molar-refractivity contribution in [2.45, 2.75) is 26.4 Å². The maximum absolute atomic E-state index is 6.16. The first-order valence-electron chi connectivity index (χ1n) is 8.34. The van der Waals surface area contributed by atoms with Crippen molar-refractivity contribution in [3.63, 3.8) is 0 Å². The van der Waals surface area contributed by atoms with Crippen molar-refractivity contribution in [3.05, 3.63) is 75.3 Å². The largest absolute Gasteiger partial charge is 0.489 e. The quantitative estimate of drug-likeness (QED) is 0.458. The van der Waals surface area contributed by atoms with Crippen LogP contribution in [0, 0.1) is 4.77 Å². The van der Waals surface area contributed by atoms with E-state index in [9.17, 15) is 0 Å². The van der Waals surface area contributed by atoms with Crippen LogP contribution in [0.1, 0.15) is 30.3 Å². The fraction of sp³-hybridized carbons (Fsp3) is 0.211. The average Bonchev–Trinajstić information content (AvgIpc) is 3.00. The maximum atomic E-state index is 6.16. The predicted molar refractivity (Wildman–Crippen MR) is 107 cm³/mol. The molecule has 7 heteroatoms. The molecule has 26 heavy (non-hydrogen) atoms. The Kier molecular flexibility index (Phi) is 6.20. The first-order valence-corrected chi connectivity index (χ1v) is 9.13.